The molecule has 1 N–H and O–H groups in total. The lowest BCUT2D eigenvalue weighted by molar-refractivity contribution is 1.04. The highest BCUT2D eigenvalue weighted by Gasteiger charge is 2.09. The SMILES string of the molecule is CCc1ccccc1CNc1cccc(Cl)c1N(C)C. The van der Waals surface area contributed by atoms with E-state index >= 15 is 0 Å². The third-order valence-electron chi connectivity index (χ3n) is 3.40. The quantitative estimate of drug-likeness (QED) is 0.866. The van der Waals surface area contributed by atoms with Gasteiger partial charge in [0.1, 0.15) is 0 Å². The summed E-state index contributed by atoms with van der Waals surface area (Å²) >= 11 is 6.28. The number of hydrogen-bond donors (Lipinski definition) is 1. The Balaban J connectivity index is 2.21. The van der Waals surface area contributed by atoms with E-state index < -0.39 is 0 Å². The lowest BCUT2D eigenvalue weighted by Crippen LogP contribution is -2.13. The van der Waals surface area contributed by atoms with Crippen LogP contribution in [0.5, 0.6) is 0 Å². The third-order valence-corrected chi connectivity index (χ3v) is 3.71. The molecule has 0 aliphatic rings. The van der Waals surface area contributed by atoms with E-state index in [1.54, 1.807) is 0 Å². The third kappa shape index (κ3) is 3.26. The van der Waals surface area contributed by atoms with Gasteiger partial charge in [-0.25, -0.2) is 0 Å². The molecule has 0 radical (unpaired) electrons. The first-order valence-corrected chi connectivity index (χ1v) is 7.27. The molecule has 2 nitrogen and oxygen atoms in total. The van der Waals surface area contributed by atoms with Gasteiger partial charge in [0.15, 0.2) is 0 Å². The fraction of sp³-hybridized carbons (Fsp3) is 0.294. The standard InChI is InChI=1S/C17H21ClN2/c1-4-13-8-5-6-9-14(13)12-19-16-11-7-10-15(18)17(16)20(2)3/h5-11,19H,4,12H2,1-3H3. The molecule has 0 spiro atoms. The van der Waals surface area contributed by atoms with Crippen LogP contribution in [0.4, 0.5) is 11.4 Å². The molecule has 2 rings (SSSR count). The van der Waals surface area contributed by atoms with Crippen LogP contribution in [-0.4, -0.2) is 14.1 Å². The van der Waals surface area contributed by atoms with E-state index in [1.165, 1.54) is 11.1 Å². The highest BCUT2D eigenvalue weighted by molar-refractivity contribution is 6.34. The second-order valence-electron chi connectivity index (χ2n) is 5.01. The van der Waals surface area contributed by atoms with Crippen molar-refractivity contribution in [1.82, 2.24) is 0 Å². The molecule has 0 amide bonds. The summed E-state index contributed by atoms with van der Waals surface area (Å²) in [4.78, 5) is 2.04. The van der Waals surface area contributed by atoms with E-state index in [4.69, 9.17) is 11.6 Å². The maximum atomic E-state index is 6.28. The number of para-hydroxylation sites is 1. The second kappa shape index (κ2) is 6.67. The van der Waals surface area contributed by atoms with Gasteiger partial charge in [-0.3, -0.25) is 0 Å². The molecule has 0 aromatic heterocycles. The normalized spacial score (nSPS) is 10.4. The molecule has 0 fully saturated rings. The van der Waals surface area contributed by atoms with Gasteiger partial charge < -0.3 is 10.2 Å². The Morgan fingerprint density at radius 1 is 1.00 bits per heavy atom. The number of halogens is 1. The minimum Gasteiger partial charge on any atom is -0.379 e. The largest absolute Gasteiger partial charge is 0.379 e. The summed E-state index contributed by atoms with van der Waals surface area (Å²) in [5.74, 6) is 0. The molecule has 0 aliphatic heterocycles. The topological polar surface area (TPSA) is 15.3 Å². The predicted molar refractivity (Wildman–Crippen MR) is 88.9 cm³/mol. The van der Waals surface area contributed by atoms with E-state index in [-0.39, 0.29) is 0 Å². The number of nitrogens with zero attached hydrogens (tertiary/aromatic N) is 1. The summed E-state index contributed by atoms with van der Waals surface area (Å²) in [6.45, 7) is 2.99. The molecule has 0 aliphatic carbocycles. The summed E-state index contributed by atoms with van der Waals surface area (Å²) in [6, 6.07) is 14.5. The van der Waals surface area contributed by atoms with Crippen LogP contribution in [-0.2, 0) is 13.0 Å². The summed E-state index contributed by atoms with van der Waals surface area (Å²) in [5.41, 5.74) is 4.81. The van der Waals surface area contributed by atoms with Crippen molar-refractivity contribution in [2.45, 2.75) is 19.9 Å². The first-order valence-electron chi connectivity index (χ1n) is 6.90. The van der Waals surface area contributed by atoms with Crippen LogP contribution in [0.15, 0.2) is 42.5 Å². The summed E-state index contributed by atoms with van der Waals surface area (Å²) in [5, 5.41) is 4.27. The zero-order valence-corrected chi connectivity index (χ0v) is 13.0. The molecule has 0 unspecified atom stereocenters. The van der Waals surface area contributed by atoms with Crippen molar-refractivity contribution >= 4 is 23.0 Å². The van der Waals surface area contributed by atoms with Crippen molar-refractivity contribution in [2.75, 3.05) is 24.3 Å². The lowest BCUT2D eigenvalue weighted by Gasteiger charge is -2.20. The molecule has 0 saturated carbocycles. The highest BCUT2D eigenvalue weighted by Crippen LogP contribution is 2.32. The van der Waals surface area contributed by atoms with Gasteiger partial charge >= 0.3 is 0 Å². The Morgan fingerprint density at radius 3 is 2.35 bits per heavy atom. The molecular formula is C17H21ClN2. The molecule has 0 saturated heterocycles. The van der Waals surface area contributed by atoms with Gasteiger partial charge in [-0.15, -0.1) is 0 Å². The van der Waals surface area contributed by atoms with Gasteiger partial charge in [0.25, 0.3) is 0 Å². The van der Waals surface area contributed by atoms with Crippen molar-refractivity contribution in [3.63, 3.8) is 0 Å². The predicted octanol–water partition coefficient (Wildman–Crippen LogP) is 4.58. The molecule has 106 valence electrons. The maximum absolute atomic E-state index is 6.28. The van der Waals surface area contributed by atoms with Crippen LogP contribution in [0.2, 0.25) is 5.02 Å². The van der Waals surface area contributed by atoms with Crippen LogP contribution in [0, 0.1) is 0 Å². The summed E-state index contributed by atoms with van der Waals surface area (Å²) in [7, 11) is 4.01. The zero-order valence-electron chi connectivity index (χ0n) is 12.3. The van der Waals surface area contributed by atoms with Crippen molar-refractivity contribution in [1.29, 1.82) is 0 Å². The van der Waals surface area contributed by atoms with Crippen LogP contribution in [0.3, 0.4) is 0 Å². The molecule has 20 heavy (non-hydrogen) atoms. The van der Waals surface area contributed by atoms with Crippen molar-refractivity contribution in [2.24, 2.45) is 0 Å². The monoisotopic (exact) mass is 288 g/mol. The average molecular weight is 289 g/mol. The van der Waals surface area contributed by atoms with Crippen LogP contribution in [0.1, 0.15) is 18.1 Å². The van der Waals surface area contributed by atoms with Gasteiger partial charge in [-0.2, -0.15) is 0 Å². The van der Waals surface area contributed by atoms with Crippen LogP contribution < -0.4 is 10.2 Å². The number of nitrogens with one attached hydrogen (secondary N) is 1. The van der Waals surface area contributed by atoms with Crippen molar-refractivity contribution in [3.05, 3.63) is 58.6 Å². The van der Waals surface area contributed by atoms with E-state index in [0.29, 0.717) is 0 Å². The number of anilines is 2. The van der Waals surface area contributed by atoms with Gasteiger partial charge in [-0.05, 0) is 29.7 Å². The molecule has 2 aromatic carbocycles. The van der Waals surface area contributed by atoms with E-state index in [2.05, 4.69) is 42.6 Å². The van der Waals surface area contributed by atoms with Gasteiger partial charge in [-0.1, -0.05) is 48.9 Å². The maximum Gasteiger partial charge on any atom is 0.0786 e. The minimum atomic E-state index is 0.767. The molecule has 0 heterocycles. The summed E-state index contributed by atoms with van der Waals surface area (Å²) in [6.07, 6.45) is 1.05. The van der Waals surface area contributed by atoms with Gasteiger partial charge in [0.2, 0.25) is 0 Å². The molecule has 2 aromatic rings. The fourth-order valence-electron chi connectivity index (χ4n) is 2.38. The average Bonchev–Trinajstić information content (AvgIpc) is 2.45. The van der Waals surface area contributed by atoms with E-state index in [1.807, 2.05) is 31.1 Å². The van der Waals surface area contributed by atoms with Crippen LogP contribution >= 0.6 is 11.6 Å². The Bertz CT molecular complexity index is 579. The van der Waals surface area contributed by atoms with Gasteiger partial charge in [0, 0.05) is 20.6 Å². The Kier molecular flexibility index (Phi) is 4.91. The molecule has 0 bridgehead atoms. The number of benzene rings is 2. The Labute approximate surface area is 126 Å². The first-order chi connectivity index (χ1) is 9.63. The fourth-order valence-corrected chi connectivity index (χ4v) is 2.72. The second-order valence-corrected chi connectivity index (χ2v) is 5.41. The number of hydrogen-bond acceptors (Lipinski definition) is 2. The zero-order chi connectivity index (χ0) is 14.5. The van der Waals surface area contributed by atoms with Gasteiger partial charge in [0.05, 0.1) is 16.4 Å². The minimum absolute atomic E-state index is 0.767. The highest BCUT2D eigenvalue weighted by atomic mass is 35.5. The Morgan fingerprint density at radius 2 is 1.70 bits per heavy atom. The van der Waals surface area contributed by atoms with Crippen molar-refractivity contribution in [3.8, 4) is 0 Å². The van der Waals surface area contributed by atoms with Crippen molar-refractivity contribution < 1.29 is 0 Å². The molecule has 0 atom stereocenters. The number of aryl methyl sites for hydroxylation is 1. The lowest BCUT2D eigenvalue weighted by atomic mass is 10.1. The molecular weight excluding hydrogens is 268 g/mol. The smallest absolute Gasteiger partial charge is 0.0786 e. The van der Waals surface area contributed by atoms with E-state index in [9.17, 15) is 0 Å². The number of rotatable bonds is 5. The van der Waals surface area contributed by atoms with Crippen LogP contribution in [0.25, 0.3) is 0 Å². The molecule has 3 heteroatoms. The first kappa shape index (κ1) is 14.7. The Hall–Kier alpha value is -1.67. The van der Waals surface area contributed by atoms with E-state index in [0.717, 1.165) is 29.4 Å². The summed E-state index contributed by atoms with van der Waals surface area (Å²) < 4.78 is 0.